The number of hydrogen-bond donors (Lipinski definition) is 1. The molecule has 2 aromatic rings. The summed E-state index contributed by atoms with van der Waals surface area (Å²) in [6, 6.07) is 16.2. The topological polar surface area (TPSA) is 38.5 Å². The Bertz CT molecular complexity index is 526. The standard InChI is InChI=1S/C16H20N2O/c1-18(11-13-6-4-3-5-7-13)12-14-10-15(17)8-9-16(14)19-2/h3-10H,11-12,17H2,1-2H3. The van der Waals surface area contributed by atoms with E-state index in [9.17, 15) is 0 Å². The second kappa shape index (κ2) is 6.25. The van der Waals surface area contributed by atoms with Gasteiger partial charge in [0.25, 0.3) is 0 Å². The number of ether oxygens (including phenoxy) is 1. The largest absolute Gasteiger partial charge is 0.496 e. The van der Waals surface area contributed by atoms with Crippen LogP contribution in [-0.2, 0) is 13.1 Å². The van der Waals surface area contributed by atoms with Gasteiger partial charge in [-0.1, -0.05) is 30.3 Å². The molecule has 0 aliphatic carbocycles. The summed E-state index contributed by atoms with van der Waals surface area (Å²) >= 11 is 0. The third kappa shape index (κ3) is 3.73. The number of nitrogens with two attached hydrogens (primary N) is 1. The van der Waals surface area contributed by atoms with Gasteiger partial charge in [-0.2, -0.15) is 0 Å². The second-order valence-corrected chi connectivity index (χ2v) is 4.73. The summed E-state index contributed by atoms with van der Waals surface area (Å²) in [7, 11) is 3.78. The Kier molecular flexibility index (Phi) is 4.42. The lowest BCUT2D eigenvalue weighted by atomic mass is 10.1. The molecule has 2 rings (SSSR count). The molecule has 0 fully saturated rings. The third-order valence-corrected chi connectivity index (χ3v) is 3.04. The van der Waals surface area contributed by atoms with Gasteiger partial charge in [-0.05, 0) is 30.8 Å². The number of rotatable bonds is 5. The van der Waals surface area contributed by atoms with Crippen LogP contribution in [-0.4, -0.2) is 19.1 Å². The number of hydrogen-bond acceptors (Lipinski definition) is 3. The van der Waals surface area contributed by atoms with E-state index in [4.69, 9.17) is 10.5 Å². The highest BCUT2D eigenvalue weighted by Gasteiger charge is 2.07. The van der Waals surface area contributed by atoms with Crippen LogP contribution in [0.3, 0.4) is 0 Å². The molecule has 2 aromatic carbocycles. The van der Waals surface area contributed by atoms with Crippen molar-refractivity contribution in [2.45, 2.75) is 13.1 Å². The first-order valence-electron chi connectivity index (χ1n) is 6.34. The molecule has 0 bridgehead atoms. The quantitative estimate of drug-likeness (QED) is 0.836. The van der Waals surface area contributed by atoms with Crippen molar-refractivity contribution < 1.29 is 4.74 Å². The molecule has 0 radical (unpaired) electrons. The van der Waals surface area contributed by atoms with Crippen molar-refractivity contribution in [2.24, 2.45) is 0 Å². The van der Waals surface area contributed by atoms with E-state index in [0.29, 0.717) is 0 Å². The monoisotopic (exact) mass is 256 g/mol. The van der Waals surface area contributed by atoms with E-state index < -0.39 is 0 Å². The molecule has 0 spiro atoms. The lowest BCUT2D eigenvalue weighted by Crippen LogP contribution is -2.17. The smallest absolute Gasteiger partial charge is 0.123 e. The summed E-state index contributed by atoms with van der Waals surface area (Å²) in [5.41, 5.74) is 9.01. The minimum atomic E-state index is 0.768. The fourth-order valence-corrected chi connectivity index (χ4v) is 2.16. The first-order valence-corrected chi connectivity index (χ1v) is 6.34. The number of nitrogen functional groups attached to an aromatic ring is 1. The number of benzene rings is 2. The lowest BCUT2D eigenvalue weighted by molar-refractivity contribution is 0.310. The Morgan fingerprint density at radius 2 is 1.79 bits per heavy atom. The third-order valence-electron chi connectivity index (χ3n) is 3.04. The Labute approximate surface area is 114 Å². The zero-order chi connectivity index (χ0) is 13.7. The van der Waals surface area contributed by atoms with Gasteiger partial charge in [-0.3, -0.25) is 4.90 Å². The molecule has 19 heavy (non-hydrogen) atoms. The molecule has 0 atom stereocenters. The zero-order valence-electron chi connectivity index (χ0n) is 11.5. The van der Waals surface area contributed by atoms with E-state index in [0.717, 1.165) is 30.1 Å². The summed E-state index contributed by atoms with van der Waals surface area (Å²) in [5, 5.41) is 0. The molecule has 0 saturated heterocycles. The molecule has 3 nitrogen and oxygen atoms in total. The van der Waals surface area contributed by atoms with E-state index in [-0.39, 0.29) is 0 Å². The highest BCUT2D eigenvalue weighted by Crippen LogP contribution is 2.22. The Hall–Kier alpha value is -2.00. The van der Waals surface area contributed by atoms with E-state index >= 15 is 0 Å². The van der Waals surface area contributed by atoms with E-state index in [1.807, 2.05) is 24.3 Å². The van der Waals surface area contributed by atoms with Crippen LogP contribution in [0.2, 0.25) is 0 Å². The first kappa shape index (κ1) is 13.4. The molecule has 0 aliphatic rings. The first-order chi connectivity index (χ1) is 9.19. The minimum absolute atomic E-state index is 0.768. The predicted molar refractivity (Wildman–Crippen MR) is 79.0 cm³/mol. The van der Waals surface area contributed by atoms with Gasteiger partial charge in [-0.15, -0.1) is 0 Å². The van der Waals surface area contributed by atoms with Gasteiger partial charge in [-0.25, -0.2) is 0 Å². The summed E-state index contributed by atoms with van der Waals surface area (Å²) in [6.07, 6.45) is 0. The van der Waals surface area contributed by atoms with E-state index in [2.05, 4.69) is 36.2 Å². The molecule has 0 unspecified atom stereocenters. The van der Waals surface area contributed by atoms with Crippen LogP contribution in [0.4, 0.5) is 5.69 Å². The van der Waals surface area contributed by atoms with Crippen molar-refractivity contribution in [3.8, 4) is 5.75 Å². The van der Waals surface area contributed by atoms with E-state index in [1.54, 1.807) is 7.11 Å². The summed E-state index contributed by atoms with van der Waals surface area (Å²) < 4.78 is 5.37. The van der Waals surface area contributed by atoms with Crippen LogP contribution in [0.15, 0.2) is 48.5 Å². The molecule has 0 heterocycles. The SMILES string of the molecule is COc1ccc(N)cc1CN(C)Cc1ccccc1. The second-order valence-electron chi connectivity index (χ2n) is 4.73. The lowest BCUT2D eigenvalue weighted by Gasteiger charge is -2.18. The van der Waals surface area contributed by atoms with Crippen LogP contribution in [0.5, 0.6) is 5.75 Å². The Morgan fingerprint density at radius 3 is 2.47 bits per heavy atom. The van der Waals surface area contributed by atoms with Crippen LogP contribution in [0, 0.1) is 0 Å². The van der Waals surface area contributed by atoms with Crippen molar-refractivity contribution in [3.63, 3.8) is 0 Å². The van der Waals surface area contributed by atoms with Gasteiger partial charge in [0.05, 0.1) is 7.11 Å². The number of methoxy groups -OCH3 is 1. The van der Waals surface area contributed by atoms with Crippen molar-refractivity contribution >= 4 is 5.69 Å². The molecular weight excluding hydrogens is 236 g/mol. The van der Waals surface area contributed by atoms with Crippen LogP contribution in [0.25, 0.3) is 0 Å². The summed E-state index contributed by atoms with van der Waals surface area (Å²) in [5.74, 6) is 0.883. The molecule has 0 aliphatic heterocycles. The molecule has 0 aromatic heterocycles. The normalized spacial score (nSPS) is 10.7. The van der Waals surface area contributed by atoms with Gasteiger partial charge in [0.2, 0.25) is 0 Å². The van der Waals surface area contributed by atoms with Gasteiger partial charge in [0.15, 0.2) is 0 Å². The van der Waals surface area contributed by atoms with Crippen molar-refractivity contribution in [1.29, 1.82) is 0 Å². The summed E-state index contributed by atoms with van der Waals surface area (Å²) in [6.45, 7) is 1.71. The maximum Gasteiger partial charge on any atom is 0.123 e. The molecular formula is C16H20N2O. The maximum atomic E-state index is 5.84. The van der Waals surface area contributed by atoms with Gasteiger partial charge >= 0.3 is 0 Å². The molecule has 0 amide bonds. The highest BCUT2D eigenvalue weighted by molar-refractivity contribution is 5.47. The number of anilines is 1. The van der Waals surface area contributed by atoms with E-state index in [1.165, 1.54) is 5.56 Å². The van der Waals surface area contributed by atoms with Crippen LogP contribution < -0.4 is 10.5 Å². The average Bonchev–Trinajstić information content (AvgIpc) is 2.40. The van der Waals surface area contributed by atoms with Gasteiger partial charge in [0.1, 0.15) is 5.75 Å². The average molecular weight is 256 g/mol. The predicted octanol–water partition coefficient (Wildman–Crippen LogP) is 2.91. The molecule has 100 valence electrons. The molecule has 2 N–H and O–H groups in total. The van der Waals surface area contributed by atoms with Crippen molar-refractivity contribution in [3.05, 3.63) is 59.7 Å². The van der Waals surface area contributed by atoms with Crippen molar-refractivity contribution in [2.75, 3.05) is 19.9 Å². The van der Waals surface area contributed by atoms with Gasteiger partial charge < -0.3 is 10.5 Å². The fraction of sp³-hybridized carbons (Fsp3) is 0.250. The highest BCUT2D eigenvalue weighted by atomic mass is 16.5. The Balaban J connectivity index is 2.06. The fourth-order valence-electron chi connectivity index (χ4n) is 2.16. The van der Waals surface area contributed by atoms with Gasteiger partial charge in [0, 0.05) is 24.3 Å². The Morgan fingerprint density at radius 1 is 1.05 bits per heavy atom. The van der Waals surface area contributed by atoms with Crippen molar-refractivity contribution in [1.82, 2.24) is 4.90 Å². The molecule has 3 heteroatoms. The van der Waals surface area contributed by atoms with Crippen LogP contribution in [0.1, 0.15) is 11.1 Å². The number of nitrogens with zero attached hydrogens (tertiary/aromatic N) is 1. The maximum absolute atomic E-state index is 5.84. The van der Waals surface area contributed by atoms with Crippen LogP contribution >= 0.6 is 0 Å². The minimum Gasteiger partial charge on any atom is -0.496 e. The summed E-state index contributed by atoms with van der Waals surface area (Å²) in [4.78, 5) is 2.24. The molecule has 0 saturated carbocycles. The zero-order valence-corrected chi connectivity index (χ0v) is 11.5.